The summed E-state index contributed by atoms with van der Waals surface area (Å²) in [7, 11) is -0.706. The molecule has 0 aliphatic rings. The summed E-state index contributed by atoms with van der Waals surface area (Å²) < 4.78 is 25.1. The van der Waals surface area contributed by atoms with Crippen molar-refractivity contribution >= 4 is 28.1 Å². The first-order valence-corrected chi connectivity index (χ1v) is 9.42. The van der Waals surface area contributed by atoms with E-state index in [4.69, 9.17) is 0 Å². The van der Waals surface area contributed by atoms with Crippen molar-refractivity contribution in [3.05, 3.63) is 65.7 Å². The van der Waals surface area contributed by atoms with Gasteiger partial charge in [0.1, 0.15) is 0 Å². The van der Waals surface area contributed by atoms with Crippen LogP contribution in [0.4, 0.5) is 0 Å². The van der Waals surface area contributed by atoms with Gasteiger partial charge in [0.25, 0.3) is 11.8 Å². The number of nitrogens with one attached hydrogen (secondary N) is 2. The van der Waals surface area contributed by atoms with Gasteiger partial charge in [0.15, 0.2) is 0 Å². The molecule has 0 aromatic heterocycles. The molecule has 0 heterocycles. The van der Waals surface area contributed by atoms with Crippen LogP contribution < -0.4 is 10.7 Å². The molecule has 27 heavy (non-hydrogen) atoms. The number of nitrogens with zero attached hydrogens (tertiary/aromatic N) is 2. The molecule has 0 unspecified atom stereocenters. The summed E-state index contributed by atoms with van der Waals surface area (Å²) in [5, 5.41) is 6.24. The lowest BCUT2D eigenvalue weighted by atomic mass is 10.2. The molecule has 8 nitrogen and oxygen atoms in total. The Morgan fingerprint density at radius 2 is 1.67 bits per heavy atom. The van der Waals surface area contributed by atoms with Gasteiger partial charge in [0.2, 0.25) is 10.0 Å². The highest BCUT2D eigenvalue weighted by Gasteiger charge is 2.17. The molecule has 0 aliphatic heterocycles. The molecule has 2 aromatic rings. The molecule has 142 valence electrons. The first kappa shape index (κ1) is 20.3. The molecule has 0 bridgehead atoms. The first-order valence-electron chi connectivity index (χ1n) is 7.98. The maximum absolute atomic E-state index is 12.0. The quantitative estimate of drug-likeness (QED) is 0.541. The van der Waals surface area contributed by atoms with Gasteiger partial charge >= 0.3 is 0 Å². The molecule has 0 radical (unpaired) electrons. The van der Waals surface area contributed by atoms with Crippen LogP contribution in [-0.2, 0) is 14.8 Å². The zero-order valence-electron chi connectivity index (χ0n) is 14.9. The van der Waals surface area contributed by atoms with Gasteiger partial charge < -0.3 is 5.32 Å². The van der Waals surface area contributed by atoms with Crippen molar-refractivity contribution < 1.29 is 18.0 Å². The van der Waals surface area contributed by atoms with Gasteiger partial charge in [-0.25, -0.2) is 18.1 Å². The Labute approximate surface area is 157 Å². The smallest absolute Gasteiger partial charge is 0.259 e. The van der Waals surface area contributed by atoms with E-state index in [9.17, 15) is 18.0 Å². The molecule has 0 saturated carbocycles. The van der Waals surface area contributed by atoms with Crippen LogP contribution in [0, 0.1) is 0 Å². The van der Waals surface area contributed by atoms with Crippen LogP contribution >= 0.6 is 0 Å². The third-order valence-corrected chi connectivity index (χ3v) is 5.34. The number of rotatable bonds is 7. The molecule has 2 rings (SSSR count). The number of carbonyl (C=O) groups excluding carboxylic acids is 2. The zero-order chi connectivity index (χ0) is 19.9. The minimum atomic E-state index is -3.56. The Balaban J connectivity index is 1.86. The van der Waals surface area contributed by atoms with Crippen LogP contribution in [0.5, 0.6) is 0 Å². The summed E-state index contributed by atoms with van der Waals surface area (Å²) >= 11 is 0. The van der Waals surface area contributed by atoms with E-state index in [1.807, 2.05) is 30.3 Å². The van der Waals surface area contributed by atoms with Gasteiger partial charge in [-0.3, -0.25) is 9.59 Å². The summed E-state index contributed by atoms with van der Waals surface area (Å²) in [4.78, 5) is 23.8. The molecular formula is C18H20N4O4S. The summed E-state index contributed by atoms with van der Waals surface area (Å²) in [6.07, 6.45) is 1.49. The summed E-state index contributed by atoms with van der Waals surface area (Å²) in [6.45, 7) is -0.261. The molecule has 0 fully saturated rings. The highest BCUT2D eigenvalue weighted by atomic mass is 32.2. The van der Waals surface area contributed by atoms with Crippen molar-refractivity contribution in [3.63, 3.8) is 0 Å². The number of hydrazone groups is 1. The second-order valence-electron chi connectivity index (χ2n) is 5.70. The van der Waals surface area contributed by atoms with Gasteiger partial charge in [-0.15, -0.1) is 0 Å². The minimum absolute atomic E-state index is 0.0806. The van der Waals surface area contributed by atoms with Crippen LogP contribution in [0.25, 0.3) is 0 Å². The fourth-order valence-electron chi connectivity index (χ4n) is 2.01. The largest absolute Gasteiger partial charge is 0.343 e. The number of hydrogen-bond donors (Lipinski definition) is 2. The molecule has 0 saturated heterocycles. The molecule has 2 N–H and O–H groups in total. The molecule has 2 aromatic carbocycles. The lowest BCUT2D eigenvalue weighted by Crippen LogP contribution is -2.34. The fourth-order valence-corrected chi connectivity index (χ4v) is 2.91. The van der Waals surface area contributed by atoms with E-state index < -0.39 is 21.8 Å². The Kier molecular flexibility index (Phi) is 6.80. The third-order valence-electron chi connectivity index (χ3n) is 3.51. The molecule has 2 amide bonds. The maximum atomic E-state index is 12.0. The van der Waals surface area contributed by atoms with E-state index in [0.717, 1.165) is 9.87 Å². The molecule has 0 aliphatic carbocycles. The SMILES string of the molecule is CN(C)S(=O)(=O)c1ccc(C(=O)NCC(=O)NN=Cc2ccccc2)cc1. The molecule has 0 spiro atoms. The van der Waals surface area contributed by atoms with Crippen LogP contribution in [0.2, 0.25) is 0 Å². The van der Waals surface area contributed by atoms with E-state index in [1.54, 1.807) is 0 Å². The standard InChI is InChI=1S/C18H20N4O4S/c1-22(2)27(25,26)16-10-8-15(9-11-16)18(24)19-13-17(23)21-20-12-14-6-4-3-5-7-14/h3-12H,13H2,1-2H3,(H,19,24)(H,21,23). The summed E-state index contributed by atoms with van der Waals surface area (Å²) in [5.74, 6) is -0.978. The lowest BCUT2D eigenvalue weighted by molar-refractivity contribution is -0.120. The Bertz CT molecular complexity index is 924. The van der Waals surface area contributed by atoms with E-state index >= 15 is 0 Å². The first-order chi connectivity index (χ1) is 12.8. The minimum Gasteiger partial charge on any atom is -0.343 e. The fraction of sp³-hybridized carbons (Fsp3) is 0.167. The van der Waals surface area contributed by atoms with Gasteiger partial charge in [-0.2, -0.15) is 5.10 Å². The second kappa shape index (κ2) is 9.06. The normalized spacial score (nSPS) is 11.5. The zero-order valence-corrected chi connectivity index (χ0v) is 15.7. The van der Waals surface area contributed by atoms with E-state index in [2.05, 4.69) is 15.8 Å². The highest BCUT2D eigenvalue weighted by Crippen LogP contribution is 2.13. The van der Waals surface area contributed by atoms with Gasteiger partial charge in [-0.1, -0.05) is 30.3 Å². The van der Waals surface area contributed by atoms with Crippen LogP contribution in [0.3, 0.4) is 0 Å². The molecule has 0 atom stereocenters. The van der Waals surface area contributed by atoms with Crippen molar-refractivity contribution in [2.75, 3.05) is 20.6 Å². The van der Waals surface area contributed by atoms with Gasteiger partial charge in [0, 0.05) is 19.7 Å². The maximum Gasteiger partial charge on any atom is 0.259 e. The number of amides is 2. The number of hydrogen-bond acceptors (Lipinski definition) is 5. The van der Waals surface area contributed by atoms with Crippen molar-refractivity contribution in [1.82, 2.24) is 15.0 Å². The van der Waals surface area contributed by atoms with Crippen LogP contribution in [-0.4, -0.2) is 51.4 Å². The average molecular weight is 388 g/mol. The Hall–Kier alpha value is -3.04. The predicted molar refractivity (Wildman–Crippen MR) is 102 cm³/mol. The number of benzene rings is 2. The van der Waals surface area contributed by atoms with Crippen LogP contribution in [0.1, 0.15) is 15.9 Å². The summed E-state index contributed by atoms with van der Waals surface area (Å²) in [5.41, 5.74) is 3.38. The van der Waals surface area contributed by atoms with Gasteiger partial charge in [-0.05, 0) is 29.8 Å². The predicted octanol–water partition coefficient (Wildman–Crippen LogP) is 0.817. The van der Waals surface area contributed by atoms with Crippen molar-refractivity contribution in [3.8, 4) is 0 Å². The van der Waals surface area contributed by atoms with Crippen molar-refractivity contribution in [2.24, 2.45) is 5.10 Å². The topological polar surface area (TPSA) is 108 Å². The number of carbonyl (C=O) groups is 2. The van der Waals surface area contributed by atoms with Crippen molar-refractivity contribution in [2.45, 2.75) is 4.90 Å². The van der Waals surface area contributed by atoms with Crippen molar-refractivity contribution in [1.29, 1.82) is 0 Å². The summed E-state index contributed by atoms with van der Waals surface area (Å²) in [6, 6.07) is 14.7. The average Bonchev–Trinajstić information content (AvgIpc) is 2.67. The molecular weight excluding hydrogens is 368 g/mol. The second-order valence-corrected chi connectivity index (χ2v) is 7.85. The third kappa shape index (κ3) is 5.73. The van der Waals surface area contributed by atoms with Crippen LogP contribution in [0.15, 0.2) is 64.6 Å². The Morgan fingerprint density at radius 3 is 2.26 bits per heavy atom. The lowest BCUT2D eigenvalue weighted by Gasteiger charge is -2.11. The highest BCUT2D eigenvalue weighted by molar-refractivity contribution is 7.89. The van der Waals surface area contributed by atoms with E-state index in [0.29, 0.717) is 0 Å². The Morgan fingerprint density at radius 1 is 1.04 bits per heavy atom. The molecule has 9 heteroatoms. The monoisotopic (exact) mass is 388 g/mol. The number of sulfonamides is 1. The van der Waals surface area contributed by atoms with E-state index in [-0.39, 0.29) is 17.0 Å². The van der Waals surface area contributed by atoms with Gasteiger partial charge in [0.05, 0.1) is 17.7 Å². The van der Waals surface area contributed by atoms with E-state index in [1.165, 1.54) is 44.6 Å².